The Bertz CT molecular complexity index is 668. The van der Waals surface area contributed by atoms with Gasteiger partial charge in [-0.25, -0.2) is 9.37 Å². The second-order valence-corrected chi connectivity index (χ2v) is 4.04. The quantitative estimate of drug-likeness (QED) is 0.621. The van der Waals surface area contributed by atoms with Gasteiger partial charge in [0, 0.05) is 11.8 Å². The highest BCUT2D eigenvalue weighted by Gasteiger charge is 2.06. The number of nitrogens with zero attached hydrogens (tertiary/aromatic N) is 2. The fourth-order valence-corrected chi connectivity index (χ4v) is 1.99. The first-order valence-corrected chi connectivity index (χ1v) is 5.44. The van der Waals surface area contributed by atoms with Gasteiger partial charge in [0.1, 0.15) is 11.5 Å². The molecule has 0 aliphatic heterocycles. The molecule has 2 heterocycles. The van der Waals surface area contributed by atoms with Crippen molar-refractivity contribution in [1.82, 2.24) is 9.38 Å². The predicted octanol–water partition coefficient (Wildman–Crippen LogP) is 3.45. The summed E-state index contributed by atoms with van der Waals surface area (Å²) in [5, 5.41) is 0. The number of aromatic nitrogens is 2. The first-order valence-electron chi connectivity index (χ1n) is 5.44. The molecule has 17 heavy (non-hydrogen) atoms. The summed E-state index contributed by atoms with van der Waals surface area (Å²) in [6.07, 6.45) is 3.78. The van der Waals surface area contributed by atoms with E-state index in [-0.39, 0.29) is 5.82 Å². The zero-order valence-electron chi connectivity index (χ0n) is 9.39. The van der Waals surface area contributed by atoms with Crippen molar-refractivity contribution in [2.75, 3.05) is 0 Å². The van der Waals surface area contributed by atoms with E-state index in [9.17, 15) is 4.39 Å². The van der Waals surface area contributed by atoms with Gasteiger partial charge in [0.05, 0.1) is 11.9 Å². The Morgan fingerprint density at radius 2 is 1.88 bits per heavy atom. The Balaban J connectivity index is 2.24. The third-order valence-corrected chi connectivity index (χ3v) is 2.87. The average Bonchev–Trinajstić information content (AvgIpc) is 2.75. The molecule has 0 saturated carbocycles. The molecule has 1 aromatic carbocycles. The second kappa shape index (κ2) is 3.70. The van der Waals surface area contributed by atoms with Crippen molar-refractivity contribution in [2.45, 2.75) is 6.92 Å². The molecule has 0 bridgehead atoms. The second-order valence-electron chi connectivity index (χ2n) is 4.04. The summed E-state index contributed by atoms with van der Waals surface area (Å²) in [6.45, 7) is 2.02. The monoisotopic (exact) mass is 226 g/mol. The van der Waals surface area contributed by atoms with E-state index in [0.29, 0.717) is 0 Å². The largest absolute Gasteiger partial charge is 0.299 e. The van der Waals surface area contributed by atoms with Gasteiger partial charge in [-0.1, -0.05) is 6.07 Å². The molecular formula is C14H11FN2. The lowest BCUT2D eigenvalue weighted by Crippen LogP contribution is -1.89. The fourth-order valence-electron chi connectivity index (χ4n) is 1.99. The first kappa shape index (κ1) is 10.0. The molecule has 0 aliphatic carbocycles. The Kier molecular flexibility index (Phi) is 2.18. The van der Waals surface area contributed by atoms with E-state index in [1.165, 1.54) is 12.1 Å². The molecule has 2 aromatic heterocycles. The van der Waals surface area contributed by atoms with Crippen LogP contribution in [0.2, 0.25) is 0 Å². The van der Waals surface area contributed by atoms with Crippen LogP contribution in [-0.2, 0) is 0 Å². The number of hydrogen-bond acceptors (Lipinski definition) is 1. The molecular weight excluding hydrogens is 215 g/mol. The number of fused-ring (bicyclic) bond motifs is 1. The molecule has 0 amide bonds. The minimum absolute atomic E-state index is 0.223. The molecule has 3 aromatic rings. The van der Waals surface area contributed by atoms with Crippen LogP contribution in [-0.4, -0.2) is 9.38 Å². The van der Waals surface area contributed by atoms with Gasteiger partial charge in [-0.2, -0.15) is 0 Å². The van der Waals surface area contributed by atoms with E-state index in [4.69, 9.17) is 0 Å². The van der Waals surface area contributed by atoms with Gasteiger partial charge < -0.3 is 0 Å². The number of aryl methyl sites for hydroxylation is 1. The Morgan fingerprint density at radius 3 is 2.65 bits per heavy atom. The van der Waals surface area contributed by atoms with Crippen molar-refractivity contribution in [3.63, 3.8) is 0 Å². The van der Waals surface area contributed by atoms with Crippen molar-refractivity contribution in [1.29, 1.82) is 0 Å². The summed E-state index contributed by atoms with van der Waals surface area (Å²) >= 11 is 0. The third kappa shape index (κ3) is 1.60. The van der Waals surface area contributed by atoms with E-state index in [1.807, 2.05) is 35.9 Å². The van der Waals surface area contributed by atoms with Gasteiger partial charge in [0.2, 0.25) is 0 Å². The summed E-state index contributed by atoms with van der Waals surface area (Å²) in [5.41, 5.74) is 4.00. The molecule has 3 heteroatoms. The van der Waals surface area contributed by atoms with E-state index < -0.39 is 0 Å². The predicted molar refractivity (Wildman–Crippen MR) is 65.3 cm³/mol. The summed E-state index contributed by atoms with van der Waals surface area (Å²) in [5.74, 6) is -0.223. The molecule has 0 spiro atoms. The van der Waals surface area contributed by atoms with Gasteiger partial charge in [0.15, 0.2) is 0 Å². The van der Waals surface area contributed by atoms with Crippen LogP contribution in [0.15, 0.2) is 48.8 Å². The fraction of sp³-hybridized carbons (Fsp3) is 0.0714. The van der Waals surface area contributed by atoms with E-state index in [1.54, 1.807) is 12.1 Å². The van der Waals surface area contributed by atoms with Crippen LogP contribution >= 0.6 is 0 Å². The van der Waals surface area contributed by atoms with E-state index in [0.717, 1.165) is 22.5 Å². The summed E-state index contributed by atoms with van der Waals surface area (Å²) in [7, 11) is 0. The van der Waals surface area contributed by atoms with Crippen molar-refractivity contribution < 1.29 is 4.39 Å². The maximum Gasteiger partial charge on any atom is 0.140 e. The van der Waals surface area contributed by atoms with Gasteiger partial charge in [0.25, 0.3) is 0 Å². The summed E-state index contributed by atoms with van der Waals surface area (Å²) in [4.78, 5) is 4.39. The molecule has 0 unspecified atom stereocenters. The van der Waals surface area contributed by atoms with Crippen molar-refractivity contribution in [3.05, 3.63) is 60.2 Å². The lowest BCUT2D eigenvalue weighted by Gasteiger charge is -2.02. The normalized spacial score (nSPS) is 10.9. The van der Waals surface area contributed by atoms with Crippen LogP contribution in [0.1, 0.15) is 5.56 Å². The topological polar surface area (TPSA) is 17.3 Å². The third-order valence-electron chi connectivity index (χ3n) is 2.87. The molecule has 0 N–H and O–H groups in total. The molecule has 0 aliphatic rings. The molecule has 0 radical (unpaired) electrons. The number of rotatable bonds is 1. The zero-order chi connectivity index (χ0) is 11.8. The van der Waals surface area contributed by atoms with Crippen molar-refractivity contribution in [3.8, 4) is 11.3 Å². The Labute approximate surface area is 98.4 Å². The smallest absolute Gasteiger partial charge is 0.140 e. The van der Waals surface area contributed by atoms with Gasteiger partial charge in [-0.3, -0.25) is 4.40 Å². The highest BCUT2D eigenvalue weighted by Crippen LogP contribution is 2.22. The van der Waals surface area contributed by atoms with Crippen LogP contribution in [0.4, 0.5) is 4.39 Å². The molecule has 3 rings (SSSR count). The first-order chi connectivity index (χ1) is 8.25. The lowest BCUT2D eigenvalue weighted by atomic mass is 10.1. The van der Waals surface area contributed by atoms with Gasteiger partial charge >= 0.3 is 0 Å². The minimum atomic E-state index is -0.223. The van der Waals surface area contributed by atoms with E-state index >= 15 is 0 Å². The SMILES string of the molecule is Cc1cccn2c(-c3ccc(F)cc3)cnc12. The van der Waals surface area contributed by atoms with Gasteiger partial charge in [-0.15, -0.1) is 0 Å². The summed E-state index contributed by atoms with van der Waals surface area (Å²) < 4.78 is 14.9. The minimum Gasteiger partial charge on any atom is -0.299 e. The lowest BCUT2D eigenvalue weighted by molar-refractivity contribution is 0.628. The van der Waals surface area contributed by atoms with Crippen molar-refractivity contribution >= 4 is 5.65 Å². The van der Waals surface area contributed by atoms with Crippen LogP contribution in [0.5, 0.6) is 0 Å². The number of benzene rings is 1. The highest BCUT2D eigenvalue weighted by atomic mass is 19.1. The highest BCUT2D eigenvalue weighted by molar-refractivity contribution is 5.65. The molecule has 84 valence electrons. The van der Waals surface area contributed by atoms with Crippen molar-refractivity contribution in [2.24, 2.45) is 0 Å². The number of pyridine rings is 1. The number of halogens is 1. The Hall–Kier alpha value is -2.16. The van der Waals surface area contributed by atoms with Crippen LogP contribution in [0, 0.1) is 12.7 Å². The van der Waals surface area contributed by atoms with Crippen LogP contribution in [0.3, 0.4) is 0 Å². The molecule has 0 atom stereocenters. The molecule has 0 fully saturated rings. The summed E-state index contributed by atoms with van der Waals surface area (Å²) in [6, 6.07) is 10.5. The zero-order valence-corrected chi connectivity index (χ0v) is 9.39. The van der Waals surface area contributed by atoms with Crippen LogP contribution < -0.4 is 0 Å². The van der Waals surface area contributed by atoms with E-state index in [2.05, 4.69) is 4.98 Å². The standard InChI is InChI=1S/C14H11FN2/c1-10-3-2-8-17-13(9-16-14(10)17)11-4-6-12(15)7-5-11/h2-9H,1H3. The maximum atomic E-state index is 12.9. The number of hydrogen-bond donors (Lipinski definition) is 0. The Morgan fingerprint density at radius 1 is 1.12 bits per heavy atom. The van der Waals surface area contributed by atoms with Gasteiger partial charge in [-0.05, 0) is 42.8 Å². The molecule has 0 saturated heterocycles. The maximum absolute atomic E-state index is 12.9. The number of imidazole rings is 1. The van der Waals surface area contributed by atoms with Crippen LogP contribution in [0.25, 0.3) is 16.9 Å². The average molecular weight is 226 g/mol. The molecule has 2 nitrogen and oxygen atoms in total.